The average molecular weight is 464 g/mol. The number of carbonyl (C=O) groups is 2. The molecule has 0 radical (unpaired) electrons. The van der Waals surface area contributed by atoms with Gasteiger partial charge < -0.3 is 24.3 Å². The number of ether oxygens (including phenoxy) is 4. The predicted octanol–water partition coefficient (Wildman–Crippen LogP) is 4.90. The van der Waals surface area contributed by atoms with Crippen LogP contribution in [0.1, 0.15) is 28.8 Å². The van der Waals surface area contributed by atoms with E-state index in [4.69, 9.17) is 14.2 Å². The molecule has 3 rings (SSSR count). The van der Waals surface area contributed by atoms with Crippen LogP contribution in [-0.4, -0.2) is 39.3 Å². The molecule has 0 aromatic heterocycles. The zero-order valence-corrected chi connectivity index (χ0v) is 19.4. The number of hydrogen-bond acceptors (Lipinski definition) is 6. The molecule has 0 fully saturated rings. The first-order valence-corrected chi connectivity index (χ1v) is 11.0. The third-order valence-corrected chi connectivity index (χ3v) is 5.10. The lowest BCUT2D eigenvalue weighted by Crippen LogP contribution is -2.16. The van der Waals surface area contributed by atoms with Crippen LogP contribution >= 0.6 is 0 Å². The highest BCUT2D eigenvalue weighted by atomic mass is 16.6. The van der Waals surface area contributed by atoms with Crippen molar-refractivity contribution in [3.8, 4) is 17.2 Å². The number of aryl methyl sites for hydroxylation is 1. The fourth-order valence-electron chi connectivity index (χ4n) is 3.22. The molecule has 7 heteroatoms. The number of methoxy groups -OCH3 is 2. The van der Waals surface area contributed by atoms with Crippen molar-refractivity contribution in [3.05, 3.63) is 83.9 Å². The van der Waals surface area contributed by atoms with Crippen molar-refractivity contribution < 1.29 is 28.5 Å². The Kier molecular flexibility index (Phi) is 9.34. The summed E-state index contributed by atoms with van der Waals surface area (Å²) >= 11 is 0. The minimum atomic E-state index is -0.524. The summed E-state index contributed by atoms with van der Waals surface area (Å²) in [5.74, 6) is 0.723. The number of carbonyl (C=O) groups excluding carboxylic acids is 2. The maximum Gasteiger partial charge on any atom is 0.343 e. The first-order valence-electron chi connectivity index (χ1n) is 11.0. The van der Waals surface area contributed by atoms with Crippen molar-refractivity contribution in [2.75, 3.05) is 32.8 Å². The Bertz CT molecular complexity index is 1070. The molecule has 0 unspecified atom stereocenters. The van der Waals surface area contributed by atoms with E-state index < -0.39 is 5.97 Å². The number of benzene rings is 3. The number of unbranched alkanes of at least 4 members (excludes halogenated alkanes) is 1. The third-order valence-electron chi connectivity index (χ3n) is 5.10. The molecule has 0 saturated carbocycles. The van der Waals surface area contributed by atoms with Crippen LogP contribution in [-0.2, 0) is 16.0 Å². The van der Waals surface area contributed by atoms with Crippen LogP contribution in [0.5, 0.6) is 17.2 Å². The predicted molar refractivity (Wildman–Crippen MR) is 130 cm³/mol. The SMILES string of the molecule is COC(=O)COc1ccc(OC)cc1NC(=O)c1ccc(OCCCCc2ccccc2)cc1. The Morgan fingerprint density at radius 1 is 0.824 bits per heavy atom. The summed E-state index contributed by atoms with van der Waals surface area (Å²) in [5.41, 5.74) is 2.16. The van der Waals surface area contributed by atoms with E-state index in [0.717, 1.165) is 19.3 Å². The first kappa shape index (κ1) is 24.6. The quantitative estimate of drug-likeness (QED) is 0.304. The molecule has 0 bridgehead atoms. The molecule has 0 saturated heterocycles. The van der Waals surface area contributed by atoms with Crippen LogP contribution in [0.25, 0.3) is 0 Å². The molecule has 178 valence electrons. The minimum Gasteiger partial charge on any atom is -0.497 e. The molecular weight excluding hydrogens is 434 g/mol. The van der Waals surface area contributed by atoms with E-state index in [9.17, 15) is 9.59 Å². The molecule has 1 amide bonds. The maximum absolute atomic E-state index is 12.8. The van der Waals surface area contributed by atoms with Gasteiger partial charge in [0.25, 0.3) is 5.91 Å². The van der Waals surface area contributed by atoms with Crippen molar-refractivity contribution in [3.63, 3.8) is 0 Å². The van der Waals surface area contributed by atoms with E-state index >= 15 is 0 Å². The second-order valence-electron chi connectivity index (χ2n) is 7.50. The Hall–Kier alpha value is -4.00. The van der Waals surface area contributed by atoms with Crippen LogP contribution in [0.4, 0.5) is 5.69 Å². The van der Waals surface area contributed by atoms with Gasteiger partial charge in [0.05, 0.1) is 26.5 Å². The van der Waals surface area contributed by atoms with Crippen LogP contribution in [0, 0.1) is 0 Å². The van der Waals surface area contributed by atoms with E-state index in [1.54, 1.807) is 42.5 Å². The maximum atomic E-state index is 12.8. The number of rotatable bonds is 12. The van der Waals surface area contributed by atoms with Crippen LogP contribution < -0.4 is 19.5 Å². The number of esters is 1. The molecule has 0 aliphatic rings. The summed E-state index contributed by atoms with van der Waals surface area (Å²) in [5, 5.41) is 2.80. The lowest BCUT2D eigenvalue weighted by atomic mass is 10.1. The van der Waals surface area contributed by atoms with Crippen LogP contribution in [0.15, 0.2) is 72.8 Å². The normalized spacial score (nSPS) is 10.3. The summed E-state index contributed by atoms with van der Waals surface area (Å²) in [4.78, 5) is 24.2. The van der Waals surface area contributed by atoms with Gasteiger partial charge in [0.15, 0.2) is 6.61 Å². The zero-order valence-electron chi connectivity index (χ0n) is 19.4. The molecule has 0 atom stereocenters. The second kappa shape index (κ2) is 12.9. The standard InChI is InChI=1S/C27H29NO6/c1-31-23-15-16-25(34-19-26(29)32-2)24(18-23)28-27(30)21-11-13-22(14-12-21)33-17-7-6-10-20-8-4-3-5-9-20/h3-5,8-9,11-16,18H,6-7,10,17,19H2,1-2H3,(H,28,30). The summed E-state index contributed by atoms with van der Waals surface area (Å²) < 4.78 is 21.1. The molecule has 0 heterocycles. The number of hydrogen-bond donors (Lipinski definition) is 1. The zero-order chi connectivity index (χ0) is 24.2. The van der Waals surface area contributed by atoms with Crippen LogP contribution in [0.3, 0.4) is 0 Å². The van der Waals surface area contributed by atoms with Gasteiger partial charge in [-0.05, 0) is 61.2 Å². The van der Waals surface area contributed by atoms with Crippen LogP contribution in [0.2, 0.25) is 0 Å². The average Bonchev–Trinajstić information content (AvgIpc) is 2.88. The van der Waals surface area contributed by atoms with E-state index in [0.29, 0.717) is 35.1 Å². The summed E-state index contributed by atoms with van der Waals surface area (Å²) in [7, 11) is 2.80. The topological polar surface area (TPSA) is 83.1 Å². The number of amides is 1. The van der Waals surface area contributed by atoms with Gasteiger partial charge in [0, 0.05) is 11.6 Å². The Balaban J connectivity index is 1.52. The monoisotopic (exact) mass is 463 g/mol. The fourth-order valence-corrected chi connectivity index (χ4v) is 3.22. The van der Waals surface area contributed by atoms with Gasteiger partial charge in [-0.15, -0.1) is 0 Å². The van der Waals surface area contributed by atoms with Gasteiger partial charge >= 0.3 is 5.97 Å². The Labute approximate surface area is 199 Å². The molecule has 3 aromatic rings. The first-order chi connectivity index (χ1) is 16.6. The van der Waals surface area contributed by atoms with Gasteiger partial charge in [-0.2, -0.15) is 0 Å². The van der Waals surface area contributed by atoms with Gasteiger partial charge in [-0.25, -0.2) is 4.79 Å². The number of anilines is 1. The second-order valence-corrected chi connectivity index (χ2v) is 7.50. The van der Waals surface area contributed by atoms with E-state index in [-0.39, 0.29) is 12.5 Å². The smallest absolute Gasteiger partial charge is 0.343 e. The van der Waals surface area contributed by atoms with Gasteiger partial charge in [-0.3, -0.25) is 4.79 Å². The number of nitrogens with one attached hydrogen (secondary N) is 1. The Morgan fingerprint density at radius 2 is 1.56 bits per heavy atom. The lowest BCUT2D eigenvalue weighted by molar-refractivity contribution is -0.142. The lowest BCUT2D eigenvalue weighted by Gasteiger charge is -2.13. The van der Waals surface area contributed by atoms with Gasteiger partial charge in [0.1, 0.15) is 17.2 Å². The molecule has 1 N–H and O–H groups in total. The molecule has 34 heavy (non-hydrogen) atoms. The summed E-state index contributed by atoms with van der Waals surface area (Å²) in [6, 6.07) is 22.2. The summed E-state index contributed by atoms with van der Waals surface area (Å²) in [6.07, 6.45) is 3.02. The molecule has 0 aliphatic carbocycles. The minimum absolute atomic E-state index is 0.275. The molecule has 0 spiro atoms. The fraction of sp³-hybridized carbons (Fsp3) is 0.259. The molecule has 0 aliphatic heterocycles. The van der Waals surface area contributed by atoms with Gasteiger partial charge in [-0.1, -0.05) is 30.3 Å². The van der Waals surface area contributed by atoms with Gasteiger partial charge in [0.2, 0.25) is 0 Å². The highest BCUT2D eigenvalue weighted by Gasteiger charge is 2.13. The molecule has 7 nitrogen and oxygen atoms in total. The van der Waals surface area contributed by atoms with E-state index in [1.807, 2.05) is 18.2 Å². The summed E-state index contributed by atoms with van der Waals surface area (Å²) in [6.45, 7) is 0.339. The molecule has 3 aromatic carbocycles. The van der Waals surface area contributed by atoms with Crippen molar-refractivity contribution in [2.24, 2.45) is 0 Å². The third kappa shape index (κ3) is 7.55. The van der Waals surface area contributed by atoms with E-state index in [1.165, 1.54) is 19.8 Å². The highest BCUT2D eigenvalue weighted by Crippen LogP contribution is 2.30. The Morgan fingerprint density at radius 3 is 2.26 bits per heavy atom. The van der Waals surface area contributed by atoms with Crippen molar-refractivity contribution >= 4 is 17.6 Å². The van der Waals surface area contributed by atoms with E-state index in [2.05, 4.69) is 22.2 Å². The van der Waals surface area contributed by atoms with Crippen molar-refractivity contribution in [1.29, 1.82) is 0 Å². The molecular formula is C27H29NO6. The largest absolute Gasteiger partial charge is 0.497 e. The highest BCUT2D eigenvalue weighted by molar-refractivity contribution is 6.05. The van der Waals surface area contributed by atoms with Crippen molar-refractivity contribution in [1.82, 2.24) is 0 Å². The van der Waals surface area contributed by atoms with Crippen molar-refractivity contribution in [2.45, 2.75) is 19.3 Å².